The minimum atomic E-state index is -0.243. The Morgan fingerprint density at radius 3 is 1.48 bits per heavy atom. The third-order valence-electron chi connectivity index (χ3n) is 4.15. The summed E-state index contributed by atoms with van der Waals surface area (Å²) in [6.45, 7) is 7.72. The van der Waals surface area contributed by atoms with Crippen molar-refractivity contribution >= 4 is 23.1 Å². The lowest BCUT2D eigenvalue weighted by atomic mass is 9.94. The molecule has 0 unspecified atom stereocenters. The van der Waals surface area contributed by atoms with Gasteiger partial charge in [-0.15, -0.1) is 0 Å². The Kier molecular flexibility index (Phi) is 6.05. The molecule has 2 aromatic rings. The van der Waals surface area contributed by atoms with E-state index in [0.29, 0.717) is 28.2 Å². The monoisotopic (exact) mass is 366 g/mol. The van der Waals surface area contributed by atoms with Gasteiger partial charge in [-0.05, 0) is 57.2 Å². The average molecular weight is 366 g/mol. The van der Waals surface area contributed by atoms with E-state index in [9.17, 15) is 19.2 Å². The zero-order valence-corrected chi connectivity index (χ0v) is 16.1. The molecule has 0 aromatic heterocycles. The topological polar surface area (TPSA) is 77.5 Å². The molecule has 0 aliphatic heterocycles. The largest absolute Gasteiger partial charge is 0.457 e. The Hall–Kier alpha value is -3.08. The van der Waals surface area contributed by atoms with Crippen LogP contribution in [0.4, 0.5) is 0 Å². The van der Waals surface area contributed by atoms with Crippen LogP contribution in [0, 0.1) is 5.92 Å². The van der Waals surface area contributed by atoms with Crippen LogP contribution in [0.5, 0.6) is 11.5 Å². The molecule has 0 aliphatic rings. The molecule has 0 aliphatic carbocycles. The van der Waals surface area contributed by atoms with Crippen molar-refractivity contribution in [1.82, 2.24) is 0 Å². The number of carbonyl (C=O) groups excluding carboxylic acids is 4. The van der Waals surface area contributed by atoms with Gasteiger partial charge in [0.1, 0.15) is 11.5 Å². The van der Waals surface area contributed by atoms with Crippen LogP contribution >= 0.6 is 0 Å². The average Bonchev–Trinajstić information content (AvgIpc) is 2.60. The standard InChI is InChI=1S/C22H22O5/c1-12(2)22(26)19-9-7-17(11-21(19)15(5)25)27-16-6-8-18(13(3)23)20(10-16)14(4)24/h6-12H,1-5H3. The summed E-state index contributed by atoms with van der Waals surface area (Å²) in [4.78, 5) is 47.7. The highest BCUT2D eigenvalue weighted by atomic mass is 16.5. The molecule has 0 amide bonds. The van der Waals surface area contributed by atoms with E-state index in [-0.39, 0.29) is 34.6 Å². The van der Waals surface area contributed by atoms with E-state index in [2.05, 4.69) is 0 Å². The van der Waals surface area contributed by atoms with Crippen LogP contribution in [0.3, 0.4) is 0 Å². The first kappa shape index (κ1) is 20.2. The molecule has 0 N–H and O–H groups in total. The normalized spacial score (nSPS) is 10.6. The van der Waals surface area contributed by atoms with E-state index < -0.39 is 0 Å². The zero-order valence-electron chi connectivity index (χ0n) is 16.1. The van der Waals surface area contributed by atoms with Crippen molar-refractivity contribution in [1.29, 1.82) is 0 Å². The molecule has 5 heteroatoms. The molecule has 0 atom stereocenters. The number of benzene rings is 2. The van der Waals surface area contributed by atoms with E-state index in [1.54, 1.807) is 32.0 Å². The van der Waals surface area contributed by atoms with Gasteiger partial charge in [0.25, 0.3) is 0 Å². The molecule has 0 radical (unpaired) electrons. The van der Waals surface area contributed by atoms with Crippen molar-refractivity contribution in [2.24, 2.45) is 5.92 Å². The lowest BCUT2D eigenvalue weighted by Gasteiger charge is -2.13. The smallest absolute Gasteiger partial charge is 0.166 e. The van der Waals surface area contributed by atoms with Gasteiger partial charge in [-0.25, -0.2) is 0 Å². The molecule has 0 fully saturated rings. The van der Waals surface area contributed by atoms with E-state index in [4.69, 9.17) is 4.74 Å². The molecule has 0 heterocycles. The summed E-state index contributed by atoms with van der Waals surface area (Å²) >= 11 is 0. The highest BCUT2D eigenvalue weighted by molar-refractivity contribution is 6.09. The fourth-order valence-electron chi connectivity index (χ4n) is 2.73. The van der Waals surface area contributed by atoms with Gasteiger partial charge < -0.3 is 4.74 Å². The zero-order chi connectivity index (χ0) is 20.3. The van der Waals surface area contributed by atoms with Crippen molar-refractivity contribution in [3.8, 4) is 11.5 Å². The highest BCUT2D eigenvalue weighted by Crippen LogP contribution is 2.28. The molecule has 27 heavy (non-hydrogen) atoms. The third kappa shape index (κ3) is 4.56. The number of ketones is 4. The minimum absolute atomic E-state index is 0.114. The molecule has 5 nitrogen and oxygen atoms in total. The number of hydrogen-bond acceptors (Lipinski definition) is 5. The van der Waals surface area contributed by atoms with Crippen LogP contribution in [0.2, 0.25) is 0 Å². The van der Waals surface area contributed by atoms with Crippen LogP contribution in [-0.4, -0.2) is 23.1 Å². The molecular weight excluding hydrogens is 344 g/mol. The molecular formula is C22H22O5. The molecule has 2 rings (SSSR count). The van der Waals surface area contributed by atoms with Crippen LogP contribution in [-0.2, 0) is 0 Å². The first-order valence-electron chi connectivity index (χ1n) is 8.64. The number of carbonyl (C=O) groups is 4. The summed E-state index contributed by atoms with van der Waals surface area (Å²) in [6.07, 6.45) is 0. The summed E-state index contributed by atoms with van der Waals surface area (Å²) < 4.78 is 5.76. The SMILES string of the molecule is CC(=O)c1ccc(Oc2ccc(C(=O)C(C)C)c(C(C)=O)c2)cc1C(C)=O. The summed E-state index contributed by atoms with van der Waals surface area (Å²) in [7, 11) is 0. The first-order chi connectivity index (χ1) is 12.6. The third-order valence-corrected chi connectivity index (χ3v) is 4.15. The molecule has 2 aromatic carbocycles. The summed E-state index contributed by atoms with van der Waals surface area (Å²) in [5.74, 6) is -0.298. The number of hydrogen-bond donors (Lipinski definition) is 0. The Bertz CT molecular complexity index is 938. The van der Waals surface area contributed by atoms with Crippen molar-refractivity contribution < 1.29 is 23.9 Å². The van der Waals surface area contributed by atoms with Crippen molar-refractivity contribution in [3.05, 3.63) is 58.7 Å². The fraction of sp³-hybridized carbons (Fsp3) is 0.273. The van der Waals surface area contributed by atoms with E-state index in [0.717, 1.165) is 0 Å². The highest BCUT2D eigenvalue weighted by Gasteiger charge is 2.19. The van der Waals surface area contributed by atoms with Crippen molar-refractivity contribution in [2.75, 3.05) is 0 Å². The number of Topliss-reactive ketones (excluding diaryl/α,β-unsaturated/α-hetero) is 4. The Morgan fingerprint density at radius 1 is 0.667 bits per heavy atom. The van der Waals surface area contributed by atoms with Crippen LogP contribution < -0.4 is 4.74 Å². The number of rotatable bonds is 7. The van der Waals surface area contributed by atoms with Gasteiger partial charge in [0, 0.05) is 28.2 Å². The van der Waals surface area contributed by atoms with E-state index in [1.165, 1.54) is 39.0 Å². The lowest BCUT2D eigenvalue weighted by molar-refractivity contribution is 0.0926. The van der Waals surface area contributed by atoms with Gasteiger partial charge in [0.05, 0.1) is 0 Å². The Labute approximate surface area is 158 Å². The summed E-state index contributed by atoms with van der Waals surface area (Å²) in [5, 5.41) is 0. The second-order valence-electron chi connectivity index (χ2n) is 6.70. The summed E-state index contributed by atoms with van der Waals surface area (Å²) in [5.41, 5.74) is 1.26. The summed E-state index contributed by atoms with van der Waals surface area (Å²) in [6, 6.07) is 9.32. The molecule has 0 bridgehead atoms. The molecule has 0 spiro atoms. The van der Waals surface area contributed by atoms with E-state index >= 15 is 0 Å². The van der Waals surface area contributed by atoms with E-state index in [1.807, 2.05) is 0 Å². The van der Waals surface area contributed by atoms with Crippen molar-refractivity contribution in [3.63, 3.8) is 0 Å². The minimum Gasteiger partial charge on any atom is -0.457 e. The predicted octanol–water partition coefficient (Wildman–Crippen LogP) is 4.93. The first-order valence-corrected chi connectivity index (χ1v) is 8.64. The lowest BCUT2D eigenvalue weighted by Crippen LogP contribution is -2.12. The van der Waals surface area contributed by atoms with Crippen LogP contribution in [0.1, 0.15) is 76.1 Å². The second kappa shape index (κ2) is 8.08. The quantitative estimate of drug-likeness (QED) is 0.650. The van der Waals surface area contributed by atoms with Gasteiger partial charge in [0.15, 0.2) is 23.1 Å². The second-order valence-corrected chi connectivity index (χ2v) is 6.70. The van der Waals surface area contributed by atoms with Gasteiger partial charge in [-0.1, -0.05) is 13.8 Å². The van der Waals surface area contributed by atoms with Crippen LogP contribution in [0.15, 0.2) is 36.4 Å². The Morgan fingerprint density at radius 2 is 1.07 bits per heavy atom. The van der Waals surface area contributed by atoms with Gasteiger partial charge in [0.2, 0.25) is 0 Å². The van der Waals surface area contributed by atoms with Crippen molar-refractivity contribution in [2.45, 2.75) is 34.6 Å². The maximum atomic E-state index is 12.3. The Balaban J connectivity index is 2.43. The van der Waals surface area contributed by atoms with Gasteiger partial charge in [-0.3, -0.25) is 19.2 Å². The predicted molar refractivity (Wildman–Crippen MR) is 102 cm³/mol. The van der Waals surface area contributed by atoms with Crippen LogP contribution in [0.25, 0.3) is 0 Å². The molecule has 140 valence electrons. The molecule has 0 saturated heterocycles. The maximum absolute atomic E-state index is 12.3. The van der Waals surface area contributed by atoms with Gasteiger partial charge in [-0.2, -0.15) is 0 Å². The number of ether oxygens (including phenoxy) is 1. The van der Waals surface area contributed by atoms with Gasteiger partial charge >= 0.3 is 0 Å². The fourth-order valence-corrected chi connectivity index (χ4v) is 2.73. The molecule has 0 saturated carbocycles. The maximum Gasteiger partial charge on any atom is 0.166 e.